The van der Waals surface area contributed by atoms with Gasteiger partial charge in [0.1, 0.15) is 11.7 Å². The van der Waals surface area contributed by atoms with Crippen molar-refractivity contribution in [3.8, 4) is 0 Å². The molecular formula is C11H16N2O3. The lowest BCUT2D eigenvalue weighted by molar-refractivity contribution is -0.139. The average molecular weight is 224 g/mol. The molecule has 1 aromatic rings. The van der Waals surface area contributed by atoms with E-state index in [1.807, 2.05) is 6.92 Å². The Morgan fingerprint density at radius 1 is 1.56 bits per heavy atom. The van der Waals surface area contributed by atoms with Gasteiger partial charge in [0, 0.05) is 13.2 Å². The third-order valence-electron chi connectivity index (χ3n) is 2.36. The highest BCUT2D eigenvalue weighted by Crippen LogP contribution is 2.02. The van der Waals surface area contributed by atoms with Crippen LogP contribution in [-0.4, -0.2) is 27.6 Å². The van der Waals surface area contributed by atoms with E-state index in [-0.39, 0.29) is 5.91 Å². The van der Waals surface area contributed by atoms with E-state index in [1.54, 1.807) is 29.9 Å². The summed E-state index contributed by atoms with van der Waals surface area (Å²) >= 11 is 0. The molecule has 5 nitrogen and oxygen atoms in total. The number of carbonyl (C=O) groups excluding carboxylic acids is 1. The zero-order valence-corrected chi connectivity index (χ0v) is 9.43. The van der Waals surface area contributed by atoms with Crippen LogP contribution in [0.25, 0.3) is 0 Å². The molecule has 0 aromatic carbocycles. The molecule has 1 heterocycles. The largest absolute Gasteiger partial charge is 0.480 e. The summed E-state index contributed by atoms with van der Waals surface area (Å²) in [7, 11) is 1.74. The first-order valence-electron chi connectivity index (χ1n) is 5.21. The molecule has 1 atom stereocenters. The smallest absolute Gasteiger partial charge is 0.326 e. The van der Waals surface area contributed by atoms with Gasteiger partial charge in [0.15, 0.2) is 0 Å². The number of aryl methyl sites for hydroxylation is 1. The van der Waals surface area contributed by atoms with Crippen molar-refractivity contribution in [2.75, 3.05) is 0 Å². The minimum atomic E-state index is -0.996. The Kier molecular flexibility index (Phi) is 4.10. The van der Waals surface area contributed by atoms with Crippen molar-refractivity contribution in [2.24, 2.45) is 7.05 Å². The average Bonchev–Trinajstić information content (AvgIpc) is 2.63. The number of carbonyl (C=O) groups is 2. The fourth-order valence-corrected chi connectivity index (χ4v) is 1.48. The van der Waals surface area contributed by atoms with Crippen molar-refractivity contribution in [1.29, 1.82) is 0 Å². The van der Waals surface area contributed by atoms with E-state index >= 15 is 0 Å². The summed E-state index contributed by atoms with van der Waals surface area (Å²) in [6.45, 7) is 1.88. The molecule has 0 fully saturated rings. The molecule has 0 aliphatic carbocycles. The summed E-state index contributed by atoms with van der Waals surface area (Å²) in [5.74, 6) is -1.35. The Bertz CT molecular complexity index is 384. The number of rotatable bonds is 5. The number of hydrogen-bond acceptors (Lipinski definition) is 2. The standard InChI is InChI=1S/C11H16N2O3/c1-3-5-8(11(15)16)12-10(14)9-6-4-7-13(9)2/h4,6-8H,3,5H2,1-2H3,(H,12,14)(H,15,16)/t8-/m1/s1. The van der Waals surface area contributed by atoms with E-state index in [0.29, 0.717) is 18.5 Å². The highest BCUT2D eigenvalue weighted by atomic mass is 16.4. The molecule has 1 rings (SSSR count). The van der Waals surface area contributed by atoms with Crippen molar-refractivity contribution in [1.82, 2.24) is 9.88 Å². The summed E-state index contributed by atoms with van der Waals surface area (Å²) in [6.07, 6.45) is 2.89. The van der Waals surface area contributed by atoms with E-state index in [0.717, 1.165) is 0 Å². The van der Waals surface area contributed by atoms with Crippen LogP contribution in [0.3, 0.4) is 0 Å². The zero-order chi connectivity index (χ0) is 12.1. The van der Waals surface area contributed by atoms with Gasteiger partial charge in [0.25, 0.3) is 5.91 Å². The normalized spacial score (nSPS) is 12.1. The Morgan fingerprint density at radius 2 is 2.25 bits per heavy atom. The highest BCUT2D eigenvalue weighted by molar-refractivity contribution is 5.95. The van der Waals surface area contributed by atoms with Crippen LogP contribution in [0.2, 0.25) is 0 Å². The zero-order valence-electron chi connectivity index (χ0n) is 9.43. The first-order valence-corrected chi connectivity index (χ1v) is 5.21. The van der Waals surface area contributed by atoms with Gasteiger partial charge in [-0.15, -0.1) is 0 Å². The Balaban J connectivity index is 2.69. The number of hydrogen-bond donors (Lipinski definition) is 2. The van der Waals surface area contributed by atoms with Crippen LogP contribution < -0.4 is 5.32 Å². The fraction of sp³-hybridized carbons (Fsp3) is 0.455. The van der Waals surface area contributed by atoms with Gasteiger partial charge >= 0.3 is 5.97 Å². The molecule has 0 bridgehead atoms. The second-order valence-corrected chi connectivity index (χ2v) is 3.66. The Morgan fingerprint density at radius 3 is 2.69 bits per heavy atom. The van der Waals surface area contributed by atoms with Crippen LogP contribution >= 0.6 is 0 Å². The third-order valence-corrected chi connectivity index (χ3v) is 2.36. The van der Waals surface area contributed by atoms with Gasteiger partial charge in [-0.05, 0) is 18.6 Å². The first-order chi connectivity index (χ1) is 7.56. The second-order valence-electron chi connectivity index (χ2n) is 3.66. The van der Waals surface area contributed by atoms with Crippen LogP contribution in [0.5, 0.6) is 0 Å². The quantitative estimate of drug-likeness (QED) is 0.784. The molecule has 1 amide bonds. The predicted octanol–water partition coefficient (Wildman–Crippen LogP) is 1.01. The molecule has 88 valence electrons. The summed E-state index contributed by atoms with van der Waals surface area (Å²) in [5.41, 5.74) is 0.461. The maximum Gasteiger partial charge on any atom is 0.326 e. The van der Waals surface area contributed by atoms with Crippen LogP contribution in [0.4, 0.5) is 0 Å². The molecule has 16 heavy (non-hydrogen) atoms. The van der Waals surface area contributed by atoms with Crippen molar-refractivity contribution in [2.45, 2.75) is 25.8 Å². The van der Waals surface area contributed by atoms with E-state index in [2.05, 4.69) is 5.32 Å². The van der Waals surface area contributed by atoms with E-state index < -0.39 is 12.0 Å². The van der Waals surface area contributed by atoms with Gasteiger partial charge in [0.2, 0.25) is 0 Å². The summed E-state index contributed by atoms with van der Waals surface area (Å²) < 4.78 is 1.65. The van der Waals surface area contributed by atoms with Gasteiger partial charge < -0.3 is 15.0 Å². The van der Waals surface area contributed by atoms with Crippen LogP contribution in [0.15, 0.2) is 18.3 Å². The molecule has 0 unspecified atom stereocenters. The van der Waals surface area contributed by atoms with Crippen molar-refractivity contribution >= 4 is 11.9 Å². The van der Waals surface area contributed by atoms with Crippen molar-refractivity contribution in [3.05, 3.63) is 24.0 Å². The minimum absolute atomic E-state index is 0.353. The van der Waals surface area contributed by atoms with Gasteiger partial charge in [0.05, 0.1) is 0 Å². The molecular weight excluding hydrogens is 208 g/mol. The molecule has 0 aliphatic rings. The Labute approximate surface area is 94.1 Å². The lowest BCUT2D eigenvalue weighted by Crippen LogP contribution is -2.41. The molecule has 2 N–H and O–H groups in total. The second kappa shape index (κ2) is 5.34. The summed E-state index contributed by atoms with van der Waals surface area (Å²) in [5, 5.41) is 11.4. The molecule has 0 saturated heterocycles. The topological polar surface area (TPSA) is 71.3 Å². The van der Waals surface area contributed by atoms with E-state index in [4.69, 9.17) is 5.11 Å². The number of nitrogens with one attached hydrogen (secondary N) is 1. The molecule has 5 heteroatoms. The van der Waals surface area contributed by atoms with Gasteiger partial charge in [-0.3, -0.25) is 4.79 Å². The lowest BCUT2D eigenvalue weighted by atomic mass is 10.1. The third kappa shape index (κ3) is 2.85. The molecule has 1 aromatic heterocycles. The highest BCUT2D eigenvalue weighted by Gasteiger charge is 2.20. The van der Waals surface area contributed by atoms with E-state index in [1.165, 1.54) is 0 Å². The maximum absolute atomic E-state index is 11.7. The van der Waals surface area contributed by atoms with Gasteiger partial charge in [-0.25, -0.2) is 4.79 Å². The lowest BCUT2D eigenvalue weighted by Gasteiger charge is -2.13. The molecule has 0 radical (unpaired) electrons. The van der Waals surface area contributed by atoms with Crippen molar-refractivity contribution in [3.63, 3.8) is 0 Å². The van der Waals surface area contributed by atoms with Crippen LogP contribution in [0, 0.1) is 0 Å². The Hall–Kier alpha value is -1.78. The molecule has 0 saturated carbocycles. The van der Waals surface area contributed by atoms with Gasteiger partial charge in [-0.2, -0.15) is 0 Å². The van der Waals surface area contributed by atoms with E-state index in [9.17, 15) is 9.59 Å². The van der Waals surface area contributed by atoms with Crippen molar-refractivity contribution < 1.29 is 14.7 Å². The summed E-state index contributed by atoms with van der Waals surface area (Å²) in [6, 6.07) is 2.58. The molecule has 0 aliphatic heterocycles. The number of aliphatic carboxylic acids is 1. The number of carboxylic acids is 1. The van der Waals surface area contributed by atoms with Gasteiger partial charge in [-0.1, -0.05) is 13.3 Å². The number of aromatic nitrogens is 1. The first kappa shape index (κ1) is 12.3. The minimum Gasteiger partial charge on any atom is -0.480 e. The van der Waals surface area contributed by atoms with Crippen LogP contribution in [0.1, 0.15) is 30.3 Å². The van der Waals surface area contributed by atoms with Crippen LogP contribution in [-0.2, 0) is 11.8 Å². The maximum atomic E-state index is 11.7. The monoisotopic (exact) mass is 224 g/mol. The predicted molar refractivity (Wildman–Crippen MR) is 59.2 cm³/mol. The molecule has 0 spiro atoms. The number of amides is 1. The number of nitrogens with zero attached hydrogens (tertiary/aromatic N) is 1. The summed E-state index contributed by atoms with van der Waals surface area (Å²) in [4.78, 5) is 22.6. The SMILES string of the molecule is CCC[C@@H](NC(=O)c1cccn1C)C(=O)O. The fourth-order valence-electron chi connectivity index (χ4n) is 1.48. The number of carboxylic acid groups (broad SMARTS) is 1.